The molecule has 5 heteroatoms. The van der Waals surface area contributed by atoms with Gasteiger partial charge in [-0.3, -0.25) is 4.79 Å². The van der Waals surface area contributed by atoms with Crippen LogP contribution in [0.25, 0.3) is 0 Å². The van der Waals surface area contributed by atoms with Gasteiger partial charge in [0.1, 0.15) is 6.33 Å². The highest BCUT2D eigenvalue weighted by Crippen LogP contribution is 2.07. The first kappa shape index (κ1) is 12.7. The first-order chi connectivity index (χ1) is 8.79. The van der Waals surface area contributed by atoms with Crippen LogP contribution in [-0.4, -0.2) is 15.9 Å². The summed E-state index contributed by atoms with van der Waals surface area (Å²) in [7, 11) is 0. The number of carbonyl (C=O) groups excluding carboxylic acids is 1. The Morgan fingerprint density at radius 1 is 1.11 bits per heavy atom. The average Bonchev–Trinajstić information content (AvgIpc) is 2.46. The summed E-state index contributed by atoms with van der Waals surface area (Å²) in [6, 6.07) is 8.06. The topological polar surface area (TPSA) is 54.9 Å². The second-order valence-corrected chi connectivity index (χ2v) is 4.32. The Hall–Kier alpha value is -1.75. The van der Waals surface area contributed by atoms with Gasteiger partial charge in [-0.1, -0.05) is 40.2 Å². The van der Waals surface area contributed by atoms with Crippen LogP contribution in [0.3, 0.4) is 0 Å². The second-order valence-electron chi connectivity index (χ2n) is 3.76. The number of hydrogen-bond donors (Lipinski definition) is 1. The van der Waals surface area contributed by atoms with Crippen molar-refractivity contribution < 1.29 is 4.79 Å². The van der Waals surface area contributed by atoms with Gasteiger partial charge in [0.05, 0.1) is 5.56 Å². The molecule has 0 spiro atoms. The van der Waals surface area contributed by atoms with Crippen molar-refractivity contribution in [3.63, 3.8) is 0 Å². The lowest BCUT2D eigenvalue weighted by atomic mass is 10.1. The highest BCUT2D eigenvalue weighted by molar-refractivity contribution is 9.08. The Labute approximate surface area is 114 Å². The predicted octanol–water partition coefficient (Wildman–Crippen LogP) is 2.30. The van der Waals surface area contributed by atoms with E-state index in [-0.39, 0.29) is 5.91 Å². The zero-order chi connectivity index (χ0) is 12.8. The van der Waals surface area contributed by atoms with Crippen molar-refractivity contribution >= 4 is 21.8 Å². The van der Waals surface area contributed by atoms with E-state index in [0.717, 1.165) is 10.9 Å². The molecule has 0 atom stereocenters. The molecule has 2 aromatic rings. The van der Waals surface area contributed by atoms with Gasteiger partial charge in [-0.05, 0) is 11.1 Å². The first-order valence-corrected chi connectivity index (χ1v) is 6.59. The van der Waals surface area contributed by atoms with Gasteiger partial charge in [-0.25, -0.2) is 9.97 Å². The van der Waals surface area contributed by atoms with Crippen molar-refractivity contribution in [1.29, 1.82) is 0 Å². The Morgan fingerprint density at radius 3 is 2.33 bits per heavy atom. The predicted molar refractivity (Wildman–Crippen MR) is 72.3 cm³/mol. The molecule has 0 radical (unpaired) electrons. The van der Waals surface area contributed by atoms with Gasteiger partial charge in [0.15, 0.2) is 0 Å². The van der Waals surface area contributed by atoms with Crippen LogP contribution in [0.2, 0.25) is 0 Å². The standard InChI is InChI=1S/C13H12BrN3O/c14-5-10-1-3-11(4-2-10)6-17-13(18)12-7-15-9-16-8-12/h1-4,7-9H,5-6H2,(H,17,18). The second kappa shape index (κ2) is 6.26. The zero-order valence-electron chi connectivity index (χ0n) is 9.64. The minimum Gasteiger partial charge on any atom is -0.348 e. The van der Waals surface area contributed by atoms with E-state index in [4.69, 9.17) is 0 Å². The molecule has 0 aliphatic carbocycles. The molecule has 2 rings (SSSR count). The van der Waals surface area contributed by atoms with Crippen molar-refractivity contribution in [2.45, 2.75) is 11.9 Å². The van der Waals surface area contributed by atoms with Crippen molar-refractivity contribution in [1.82, 2.24) is 15.3 Å². The largest absolute Gasteiger partial charge is 0.348 e. The van der Waals surface area contributed by atoms with Crippen LogP contribution in [0.4, 0.5) is 0 Å². The maximum atomic E-state index is 11.7. The molecule has 18 heavy (non-hydrogen) atoms. The number of hydrogen-bond acceptors (Lipinski definition) is 3. The van der Waals surface area contributed by atoms with E-state index in [9.17, 15) is 4.79 Å². The number of nitrogens with zero attached hydrogens (tertiary/aromatic N) is 2. The number of aromatic nitrogens is 2. The summed E-state index contributed by atoms with van der Waals surface area (Å²) >= 11 is 3.39. The SMILES string of the molecule is O=C(NCc1ccc(CBr)cc1)c1cncnc1. The third-order valence-corrected chi connectivity index (χ3v) is 3.10. The average molecular weight is 306 g/mol. The van der Waals surface area contributed by atoms with Gasteiger partial charge in [-0.15, -0.1) is 0 Å². The Balaban J connectivity index is 1.93. The van der Waals surface area contributed by atoms with Crippen LogP contribution < -0.4 is 5.32 Å². The number of amides is 1. The van der Waals surface area contributed by atoms with E-state index in [1.54, 1.807) is 0 Å². The number of rotatable bonds is 4. The Bertz CT molecular complexity index is 514. The van der Waals surface area contributed by atoms with Crippen LogP contribution >= 0.6 is 15.9 Å². The number of benzene rings is 1. The van der Waals surface area contributed by atoms with Crippen LogP contribution in [0.1, 0.15) is 21.5 Å². The monoisotopic (exact) mass is 305 g/mol. The van der Waals surface area contributed by atoms with E-state index in [0.29, 0.717) is 12.1 Å². The molecule has 0 saturated carbocycles. The van der Waals surface area contributed by atoms with E-state index in [1.807, 2.05) is 24.3 Å². The van der Waals surface area contributed by atoms with E-state index in [1.165, 1.54) is 24.3 Å². The fourth-order valence-corrected chi connectivity index (χ4v) is 1.82. The van der Waals surface area contributed by atoms with Crippen LogP contribution in [0.5, 0.6) is 0 Å². The Kier molecular flexibility index (Phi) is 4.41. The smallest absolute Gasteiger partial charge is 0.254 e. The minimum absolute atomic E-state index is 0.167. The lowest BCUT2D eigenvalue weighted by Gasteiger charge is -2.05. The molecule has 4 nitrogen and oxygen atoms in total. The van der Waals surface area contributed by atoms with Crippen LogP contribution in [0, 0.1) is 0 Å². The van der Waals surface area contributed by atoms with Gasteiger partial charge >= 0.3 is 0 Å². The summed E-state index contributed by atoms with van der Waals surface area (Å²) < 4.78 is 0. The number of nitrogens with one attached hydrogen (secondary N) is 1. The van der Waals surface area contributed by atoms with Gasteiger partial charge in [-0.2, -0.15) is 0 Å². The highest BCUT2D eigenvalue weighted by atomic mass is 79.9. The number of halogens is 1. The molecule has 1 heterocycles. The summed E-state index contributed by atoms with van der Waals surface area (Å²) in [5.74, 6) is -0.167. The van der Waals surface area contributed by atoms with Gasteiger partial charge in [0, 0.05) is 24.3 Å². The number of carbonyl (C=O) groups is 1. The molecule has 1 amide bonds. The molecule has 0 aliphatic heterocycles. The third-order valence-electron chi connectivity index (χ3n) is 2.45. The number of alkyl halides is 1. The molecular formula is C13H12BrN3O. The first-order valence-electron chi connectivity index (χ1n) is 5.46. The lowest BCUT2D eigenvalue weighted by Crippen LogP contribution is -2.23. The summed E-state index contributed by atoms with van der Waals surface area (Å²) in [6.07, 6.45) is 4.39. The molecule has 0 aliphatic rings. The summed E-state index contributed by atoms with van der Waals surface area (Å²) in [5.41, 5.74) is 2.74. The van der Waals surface area contributed by atoms with E-state index in [2.05, 4.69) is 31.2 Å². The van der Waals surface area contributed by atoms with Crippen LogP contribution in [0.15, 0.2) is 43.0 Å². The molecule has 1 aromatic heterocycles. The summed E-state index contributed by atoms with van der Waals surface area (Å²) in [6.45, 7) is 0.496. The fraction of sp³-hybridized carbons (Fsp3) is 0.154. The van der Waals surface area contributed by atoms with Crippen molar-refractivity contribution in [2.75, 3.05) is 0 Å². The zero-order valence-corrected chi connectivity index (χ0v) is 11.2. The van der Waals surface area contributed by atoms with Crippen LogP contribution in [-0.2, 0) is 11.9 Å². The summed E-state index contributed by atoms with van der Waals surface area (Å²) in [4.78, 5) is 19.4. The third kappa shape index (κ3) is 3.37. The van der Waals surface area contributed by atoms with Crippen molar-refractivity contribution in [2.24, 2.45) is 0 Å². The molecule has 92 valence electrons. The molecule has 0 unspecified atom stereocenters. The fourth-order valence-electron chi connectivity index (χ4n) is 1.45. The normalized spacial score (nSPS) is 10.1. The molecule has 0 saturated heterocycles. The van der Waals surface area contributed by atoms with Crippen molar-refractivity contribution in [3.05, 3.63) is 59.7 Å². The van der Waals surface area contributed by atoms with Gasteiger partial charge in [0.25, 0.3) is 5.91 Å². The quantitative estimate of drug-likeness (QED) is 0.882. The molecule has 0 fully saturated rings. The Morgan fingerprint density at radius 2 is 1.72 bits per heavy atom. The van der Waals surface area contributed by atoms with Crippen molar-refractivity contribution in [3.8, 4) is 0 Å². The molecule has 1 N–H and O–H groups in total. The van der Waals surface area contributed by atoms with E-state index >= 15 is 0 Å². The molecular weight excluding hydrogens is 294 g/mol. The highest BCUT2D eigenvalue weighted by Gasteiger charge is 2.04. The van der Waals surface area contributed by atoms with Gasteiger partial charge in [0.2, 0.25) is 0 Å². The summed E-state index contributed by atoms with van der Waals surface area (Å²) in [5, 5.41) is 3.66. The van der Waals surface area contributed by atoms with Gasteiger partial charge < -0.3 is 5.32 Å². The maximum absolute atomic E-state index is 11.7. The molecule has 1 aromatic carbocycles. The molecule has 0 bridgehead atoms. The maximum Gasteiger partial charge on any atom is 0.254 e. The van der Waals surface area contributed by atoms with E-state index < -0.39 is 0 Å². The minimum atomic E-state index is -0.167. The lowest BCUT2D eigenvalue weighted by molar-refractivity contribution is 0.0950.